The second kappa shape index (κ2) is 6.57. The van der Waals surface area contributed by atoms with Crippen LogP contribution in [0, 0.1) is 12.8 Å². The third-order valence-electron chi connectivity index (χ3n) is 3.48. The van der Waals surface area contributed by atoms with Crippen LogP contribution in [0.15, 0.2) is 24.3 Å². The Labute approximate surface area is 114 Å². The van der Waals surface area contributed by atoms with Gasteiger partial charge in [-0.25, -0.2) is 0 Å². The lowest BCUT2D eigenvalue weighted by molar-refractivity contribution is -0.132. The standard InChI is InChI=1S/C15H22N2O2/c1-12-4-3-5-14(8-12)19-11-15(18)17-7-6-13(10-17)9-16-2/h3-5,8,13,16H,6-7,9-11H2,1-2H3. The van der Waals surface area contributed by atoms with Crippen LogP contribution in [0.25, 0.3) is 0 Å². The normalized spacial score (nSPS) is 18.6. The Kier molecular flexibility index (Phi) is 4.80. The quantitative estimate of drug-likeness (QED) is 0.873. The van der Waals surface area contributed by atoms with E-state index < -0.39 is 0 Å². The molecule has 19 heavy (non-hydrogen) atoms. The molecule has 1 aromatic carbocycles. The Morgan fingerprint density at radius 1 is 1.53 bits per heavy atom. The van der Waals surface area contributed by atoms with Gasteiger partial charge in [0.05, 0.1) is 0 Å². The monoisotopic (exact) mass is 262 g/mol. The number of ether oxygens (including phenoxy) is 1. The van der Waals surface area contributed by atoms with Crippen molar-refractivity contribution < 1.29 is 9.53 Å². The second-order valence-electron chi connectivity index (χ2n) is 5.16. The van der Waals surface area contributed by atoms with Gasteiger partial charge in [-0.05, 0) is 50.6 Å². The van der Waals surface area contributed by atoms with Crippen LogP contribution in [0.2, 0.25) is 0 Å². The van der Waals surface area contributed by atoms with Crippen LogP contribution in [0.4, 0.5) is 0 Å². The lowest BCUT2D eigenvalue weighted by Crippen LogP contribution is -2.34. The fraction of sp³-hybridized carbons (Fsp3) is 0.533. The predicted molar refractivity (Wildman–Crippen MR) is 75.3 cm³/mol. The first-order valence-corrected chi connectivity index (χ1v) is 6.81. The van der Waals surface area contributed by atoms with Gasteiger partial charge in [0.1, 0.15) is 5.75 Å². The maximum absolute atomic E-state index is 12.0. The number of likely N-dealkylation sites (tertiary alicyclic amines) is 1. The van der Waals surface area contributed by atoms with Crippen molar-refractivity contribution in [2.24, 2.45) is 5.92 Å². The molecule has 0 radical (unpaired) electrons. The summed E-state index contributed by atoms with van der Waals surface area (Å²) in [5.74, 6) is 1.42. The maximum Gasteiger partial charge on any atom is 0.260 e. The molecule has 0 spiro atoms. The fourth-order valence-corrected chi connectivity index (χ4v) is 2.46. The van der Waals surface area contributed by atoms with Crippen molar-refractivity contribution in [3.05, 3.63) is 29.8 Å². The van der Waals surface area contributed by atoms with E-state index in [1.54, 1.807) is 0 Å². The van der Waals surface area contributed by atoms with E-state index in [4.69, 9.17) is 4.74 Å². The summed E-state index contributed by atoms with van der Waals surface area (Å²) in [4.78, 5) is 13.9. The number of amides is 1. The molecule has 1 fully saturated rings. The Balaban J connectivity index is 1.79. The number of rotatable bonds is 5. The molecule has 2 rings (SSSR count). The van der Waals surface area contributed by atoms with Crippen molar-refractivity contribution in [1.29, 1.82) is 0 Å². The molecule has 1 atom stereocenters. The SMILES string of the molecule is CNCC1CCN(C(=O)COc2cccc(C)c2)C1. The number of nitrogens with zero attached hydrogens (tertiary/aromatic N) is 1. The lowest BCUT2D eigenvalue weighted by atomic mass is 10.1. The number of aryl methyl sites for hydroxylation is 1. The molecule has 1 aliphatic rings. The van der Waals surface area contributed by atoms with Gasteiger partial charge in [-0.3, -0.25) is 4.79 Å². The molecule has 1 N–H and O–H groups in total. The number of nitrogens with one attached hydrogen (secondary N) is 1. The molecule has 1 unspecified atom stereocenters. The smallest absolute Gasteiger partial charge is 0.260 e. The summed E-state index contributed by atoms with van der Waals surface area (Å²) in [5.41, 5.74) is 1.14. The van der Waals surface area contributed by atoms with Crippen molar-refractivity contribution in [1.82, 2.24) is 10.2 Å². The molecule has 1 amide bonds. The highest BCUT2D eigenvalue weighted by Gasteiger charge is 2.25. The van der Waals surface area contributed by atoms with Gasteiger partial charge in [0, 0.05) is 13.1 Å². The summed E-state index contributed by atoms with van der Waals surface area (Å²) in [7, 11) is 1.95. The van der Waals surface area contributed by atoms with Crippen LogP contribution in [-0.4, -0.2) is 44.1 Å². The molecule has 104 valence electrons. The number of hydrogen-bond donors (Lipinski definition) is 1. The van der Waals surface area contributed by atoms with Gasteiger partial charge >= 0.3 is 0 Å². The zero-order valence-electron chi connectivity index (χ0n) is 11.7. The van der Waals surface area contributed by atoms with E-state index in [-0.39, 0.29) is 12.5 Å². The number of benzene rings is 1. The van der Waals surface area contributed by atoms with Gasteiger partial charge < -0.3 is 15.0 Å². The van der Waals surface area contributed by atoms with E-state index in [0.29, 0.717) is 5.92 Å². The van der Waals surface area contributed by atoms with Gasteiger partial charge in [0.2, 0.25) is 0 Å². The minimum absolute atomic E-state index is 0.0834. The summed E-state index contributed by atoms with van der Waals surface area (Å²) >= 11 is 0. The lowest BCUT2D eigenvalue weighted by Gasteiger charge is -2.17. The van der Waals surface area contributed by atoms with E-state index >= 15 is 0 Å². The van der Waals surface area contributed by atoms with Crippen LogP contribution in [0.3, 0.4) is 0 Å². The first-order chi connectivity index (χ1) is 9.19. The van der Waals surface area contributed by atoms with Crippen molar-refractivity contribution >= 4 is 5.91 Å². The van der Waals surface area contributed by atoms with Gasteiger partial charge in [-0.1, -0.05) is 12.1 Å². The van der Waals surface area contributed by atoms with Crippen LogP contribution in [0.5, 0.6) is 5.75 Å². The molecule has 4 nitrogen and oxygen atoms in total. The molecule has 1 heterocycles. The highest BCUT2D eigenvalue weighted by atomic mass is 16.5. The van der Waals surface area contributed by atoms with Crippen molar-refractivity contribution in [2.75, 3.05) is 33.3 Å². The van der Waals surface area contributed by atoms with E-state index in [9.17, 15) is 4.79 Å². The Morgan fingerprint density at radius 2 is 2.37 bits per heavy atom. The number of carbonyl (C=O) groups is 1. The Hall–Kier alpha value is -1.55. The van der Waals surface area contributed by atoms with Gasteiger partial charge in [0.25, 0.3) is 5.91 Å². The molecule has 0 bridgehead atoms. The van der Waals surface area contributed by atoms with Crippen LogP contribution < -0.4 is 10.1 Å². The molecular weight excluding hydrogens is 240 g/mol. The summed E-state index contributed by atoms with van der Waals surface area (Å²) in [6, 6.07) is 7.78. The molecule has 0 saturated carbocycles. The maximum atomic E-state index is 12.0. The molecule has 4 heteroatoms. The minimum Gasteiger partial charge on any atom is -0.484 e. The van der Waals surface area contributed by atoms with Crippen molar-refractivity contribution in [3.63, 3.8) is 0 Å². The highest BCUT2D eigenvalue weighted by Crippen LogP contribution is 2.16. The van der Waals surface area contributed by atoms with E-state index in [2.05, 4.69) is 5.32 Å². The fourth-order valence-electron chi connectivity index (χ4n) is 2.46. The van der Waals surface area contributed by atoms with Crippen molar-refractivity contribution in [3.8, 4) is 5.75 Å². The zero-order chi connectivity index (χ0) is 13.7. The molecule has 0 aromatic heterocycles. The first kappa shape index (κ1) is 13.9. The second-order valence-corrected chi connectivity index (χ2v) is 5.16. The molecule has 1 saturated heterocycles. The van der Waals surface area contributed by atoms with E-state index in [1.807, 2.05) is 43.1 Å². The zero-order valence-corrected chi connectivity index (χ0v) is 11.7. The number of hydrogen-bond acceptors (Lipinski definition) is 3. The molecular formula is C15H22N2O2. The number of carbonyl (C=O) groups excluding carboxylic acids is 1. The van der Waals surface area contributed by atoms with Gasteiger partial charge in [-0.15, -0.1) is 0 Å². The molecule has 0 aliphatic carbocycles. The van der Waals surface area contributed by atoms with Gasteiger partial charge in [-0.2, -0.15) is 0 Å². The summed E-state index contributed by atoms with van der Waals surface area (Å²) in [6.07, 6.45) is 1.08. The minimum atomic E-state index is 0.0834. The Bertz CT molecular complexity index is 434. The largest absolute Gasteiger partial charge is 0.484 e. The first-order valence-electron chi connectivity index (χ1n) is 6.81. The van der Waals surface area contributed by atoms with E-state index in [0.717, 1.165) is 37.4 Å². The van der Waals surface area contributed by atoms with E-state index in [1.165, 1.54) is 0 Å². The summed E-state index contributed by atoms with van der Waals surface area (Å²) in [5, 5.41) is 3.16. The van der Waals surface area contributed by atoms with Crippen LogP contribution in [-0.2, 0) is 4.79 Å². The van der Waals surface area contributed by atoms with Crippen molar-refractivity contribution in [2.45, 2.75) is 13.3 Å². The molecule has 1 aliphatic heterocycles. The van der Waals surface area contributed by atoms with Crippen LogP contribution in [0.1, 0.15) is 12.0 Å². The van der Waals surface area contributed by atoms with Gasteiger partial charge in [0.15, 0.2) is 6.61 Å². The predicted octanol–water partition coefficient (Wildman–Crippen LogP) is 1.44. The third-order valence-corrected chi connectivity index (χ3v) is 3.48. The summed E-state index contributed by atoms with van der Waals surface area (Å²) < 4.78 is 5.55. The average Bonchev–Trinajstić information content (AvgIpc) is 2.85. The third kappa shape index (κ3) is 3.96. The average molecular weight is 262 g/mol. The summed E-state index contributed by atoms with van der Waals surface area (Å²) in [6.45, 7) is 4.81. The highest BCUT2D eigenvalue weighted by molar-refractivity contribution is 5.78. The topological polar surface area (TPSA) is 41.6 Å². The van der Waals surface area contributed by atoms with Crippen LogP contribution >= 0.6 is 0 Å². The molecule has 1 aromatic rings. The Morgan fingerprint density at radius 3 is 3.11 bits per heavy atom.